The molecule has 0 amide bonds. The smallest absolute Gasteiger partial charge is 0.185 e. The number of aromatic amines is 1. The fourth-order valence-corrected chi connectivity index (χ4v) is 2.35. The quantitative estimate of drug-likeness (QED) is 0.575. The van der Waals surface area contributed by atoms with Crippen molar-refractivity contribution in [2.45, 2.75) is 0 Å². The van der Waals surface area contributed by atoms with Crippen molar-refractivity contribution in [1.29, 1.82) is 0 Å². The van der Waals surface area contributed by atoms with Crippen molar-refractivity contribution >= 4 is 11.9 Å². The van der Waals surface area contributed by atoms with Gasteiger partial charge < -0.3 is 4.98 Å². The Morgan fingerprint density at radius 2 is 2.18 bits per heavy atom. The van der Waals surface area contributed by atoms with Crippen LogP contribution in [-0.2, 0) is 7.05 Å². The monoisotopic (exact) mass is 293 g/mol. The van der Waals surface area contributed by atoms with Crippen molar-refractivity contribution in [2.75, 3.05) is 0 Å². The molecule has 4 heterocycles. The van der Waals surface area contributed by atoms with Gasteiger partial charge in [0.15, 0.2) is 17.8 Å². The van der Waals surface area contributed by atoms with Crippen LogP contribution < -0.4 is 0 Å². The number of nitrogens with one attached hydrogen (secondary N) is 1. The number of nitrogens with zero attached hydrogens (tertiary/aromatic N) is 6. The summed E-state index contributed by atoms with van der Waals surface area (Å²) in [6.45, 7) is 0. The van der Waals surface area contributed by atoms with Gasteiger partial charge in [0, 0.05) is 25.0 Å². The van der Waals surface area contributed by atoms with Crippen LogP contribution in [0, 0.1) is 0 Å². The lowest BCUT2D eigenvalue weighted by molar-refractivity contribution is 0.111. The Hall–Kier alpha value is -3.29. The lowest BCUT2D eigenvalue weighted by Gasteiger charge is -2.01. The molecule has 0 unspecified atom stereocenters. The molecule has 4 aromatic heterocycles. The molecular formula is C14H11N7O. The van der Waals surface area contributed by atoms with Crippen LogP contribution in [0.4, 0.5) is 0 Å². The Bertz CT molecular complexity index is 978. The van der Waals surface area contributed by atoms with Crippen LogP contribution in [0.5, 0.6) is 0 Å². The molecular weight excluding hydrogens is 282 g/mol. The summed E-state index contributed by atoms with van der Waals surface area (Å²) in [6.07, 6.45) is 5.83. The number of hydrogen-bond donors (Lipinski definition) is 1. The van der Waals surface area contributed by atoms with Gasteiger partial charge >= 0.3 is 0 Å². The van der Waals surface area contributed by atoms with E-state index in [1.165, 1.54) is 6.33 Å². The van der Waals surface area contributed by atoms with Crippen molar-refractivity contribution < 1.29 is 4.79 Å². The first-order chi connectivity index (χ1) is 10.7. The largest absolute Gasteiger partial charge is 0.335 e. The van der Waals surface area contributed by atoms with E-state index in [1.54, 1.807) is 9.20 Å². The van der Waals surface area contributed by atoms with Crippen molar-refractivity contribution in [3.63, 3.8) is 0 Å². The highest BCUT2D eigenvalue weighted by Crippen LogP contribution is 2.28. The third-order valence-electron chi connectivity index (χ3n) is 3.35. The molecule has 4 rings (SSSR count). The predicted molar refractivity (Wildman–Crippen MR) is 78.2 cm³/mol. The van der Waals surface area contributed by atoms with Gasteiger partial charge in [-0.3, -0.25) is 9.48 Å². The van der Waals surface area contributed by atoms with Crippen LogP contribution in [0.25, 0.3) is 28.3 Å². The molecule has 22 heavy (non-hydrogen) atoms. The highest BCUT2D eigenvalue weighted by atomic mass is 16.1. The van der Waals surface area contributed by atoms with E-state index in [1.807, 2.05) is 37.6 Å². The zero-order chi connectivity index (χ0) is 15.1. The Balaban J connectivity index is 1.93. The van der Waals surface area contributed by atoms with Crippen molar-refractivity contribution in [3.05, 3.63) is 42.7 Å². The zero-order valence-corrected chi connectivity index (χ0v) is 11.6. The van der Waals surface area contributed by atoms with E-state index in [-0.39, 0.29) is 5.82 Å². The van der Waals surface area contributed by atoms with Gasteiger partial charge in [0.25, 0.3) is 0 Å². The Labute approximate surface area is 124 Å². The Morgan fingerprint density at radius 3 is 2.95 bits per heavy atom. The number of H-pyrrole nitrogens is 1. The van der Waals surface area contributed by atoms with Crippen molar-refractivity contribution in [2.24, 2.45) is 7.05 Å². The van der Waals surface area contributed by atoms with Crippen LogP contribution in [0.1, 0.15) is 10.6 Å². The minimum Gasteiger partial charge on any atom is -0.335 e. The number of aldehydes is 1. The van der Waals surface area contributed by atoms with Crippen LogP contribution in [0.15, 0.2) is 36.9 Å². The van der Waals surface area contributed by atoms with Gasteiger partial charge in [-0.1, -0.05) is 0 Å². The maximum absolute atomic E-state index is 11.1. The molecule has 0 radical (unpaired) electrons. The predicted octanol–water partition coefficient (Wildman–Crippen LogP) is 1.33. The third-order valence-corrected chi connectivity index (χ3v) is 3.35. The molecule has 8 nitrogen and oxygen atoms in total. The van der Waals surface area contributed by atoms with E-state index in [0.29, 0.717) is 17.7 Å². The number of pyridine rings is 1. The van der Waals surface area contributed by atoms with Crippen molar-refractivity contribution in [1.82, 2.24) is 34.3 Å². The van der Waals surface area contributed by atoms with Gasteiger partial charge in [-0.05, 0) is 18.2 Å². The van der Waals surface area contributed by atoms with Gasteiger partial charge in [-0.15, -0.1) is 0 Å². The SMILES string of the molecule is Cn1ccc(-c2nc(C=O)[nH]c2-c2ccc3ncnn3c2)n1. The van der Waals surface area contributed by atoms with E-state index in [4.69, 9.17) is 0 Å². The second kappa shape index (κ2) is 4.62. The first-order valence-electron chi connectivity index (χ1n) is 6.59. The second-order valence-corrected chi connectivity index (χ2v) is 4.82. The average molecular weight is 293 g/mol. The molecule has 0 fully saturated rings. The highest BCUT2D eigenvalue weighted by molar-refractivity contribution is 5.81. The standard InChI is InChI=1S/C14H11N7O/c1-20-5-4-10(19-20)14-13(17-11(7-22)18-14)9-2-3-12-15-8-16-21(12)6-9/h2-8H,1H3,(H,17,18). The number of hydrogen-bond acceptors (Lipinski definition) is 5. The summed E-state index contributed by atoms with van der Waals surface area (Å²) in [5, 5.41) is 8.47. The molecule has 0 bridgehead atoms. The molecule has 0 spiro atoms. The molecule has 4 aromatic rings. The molecule has 0 saturated heterocycles. The topological polar surface area (TPSA) is 93.8 Å². The van der Waals surface area contributed by atoms with Crippen LogP contribution in [-0.4, -0.2) is 40.6 Å². The number of aromatic nitrogens is 7. The molecule has 0 saturated carbocycles. The summed E-state index contributed by atoms with van der Waals surface area (Å²) in [4.78, 5) is 22.5. The van der Waals surface area contributed by atoms with Crippen molar-refractivity contribution in [3.8, 4) is 22.6 Å². The van der Waals surface area contributed by atoms with E-state index in [9.17, 15) is 4.79 Å². The van der Waals surface area contributed by atoms with E-state index >= 15 is 0 Å². The normalized spacial score (nSPS) is 11.1. The lowest BCUT2D eigenvalue weighted by Crippen LogP contribution is -1.92. The van der Waals surface area contributed by atoms with Gasteiger partial charge in [0.2, 0.25) is 0 Å². The van der Waals surface area contributed by atoms with Crippen LogP contribution in [0.3, 0.4) is 0 Å². The number of imidazole rings is 1. The number of aryl methyl sites for hydroxylation is 1. The van der Waals surface area contributed by atoms with E-state index in [2.05, 4.69) is 25.1 Å². The summed E-state index contributed by atoms with van der Waals surface area (Å²) in [6, 6.07) is 5.60. The molecule has 8 heteroatoms. The average Bonchev–Trinajstić information content (AvgIpc) is 3.24. The maximum atomic E-state index is 11.1. The third kappa shape index (κ3) is 1.89. The van der Waals surface area contributed by atoms with Gasteiger partial charge in [-0.25, -0.2) is 14.5 Å². The fraction of sp³-hybridized carbons (Fsp3) is 0.0714. The van der Waals surface area contributed by atoms with Gasteiger partial charge in [0.05, 0.1) is 5.69 Å². The van der Waals surface area contributed by atoms with Crippen LogP contribution >= 0.6 is 0 Å². The maximum Gasteiger partial charge on any atom is 0.185 e. The summed E-state index contributed by atoms with van der Waals surface area (Å²) >= 11 is 0. The highest BCUT2D eigenvalue weighted by Gasteiger charge is 2.16. The molecule has 0 aliphatic rings. The molecule has 0 aliphatic heterocycles. The van der Waals surface area contributed by atoms with Gasteiger partial charge in [0.1, 0.15) is 17.7 Å². The Kier molecular flexibility index (Phi) is 2.62. The summed E-state index contributed by atoms with van der Waals surface area (Å²) in [5.74, 6) is 0.259. The number of carbonyl (C=O) groups is 1. The van der Waals surface area contributed by atoms with Crippen LogP contribution in [0.2, 0.25) is 0 Å². The van der Waals surface area contributed by atoms with E-state index < -0.39 is 0 Å². The minimum absolute atomic E-state index is 0.259. The number of rotatable bonds is 3. The molecule has 0 aliphatic carbocycles. The Morgan fingerprint density at radius 1 is 1.27 bits per heavy atom. The first-order valence-corrected chi connectivity index (χ1v) is 6.59. The minimum atomic E-state index is 0.259. The zero-order valence-electron chi connectivity index (χ0n) is 11.6. The molecule has 0 aromatic carbocycles. The summed E-state index contributed by atoms with van der Waals surface area (Å²) < 4.78 is 3.36. The van der Waals surface area contributed by atoms with E-state index in [0.717, 1.165) is 16.9 Å². The number of fused-ring (bicyclic) bond motifs is 1. The summed E-state index contributed by atoms with van der Waals surface area (Å²) in [7, 11) is 1.83. The summed E-state index contributed by atoms with van der Waals surface area (Å²) in [5.41, 5.74) is 3.64. The molecule has 108 valence electrons. The second-order valence-electron chi connectivity index (χ2n) is 4.82. The lowest BCUT2D eigenvalue weighted by atomic mass is 10.1. The van der Waals surface area contributed by atoms with Gasteiger partial charge in [-0.2, -0.15) is 10.2 Å². The fourth-order valence-electron chi connectivity index (χ4n) is 2.35. The molecule has 0 atom stereocenters. The molecule has 1 N–H and O–H groups in total. The first kappa shape index (κ1) is 12.5. The number of carbonyl (C=O) groups excluding carboxylic acids is 1.